The smallest absolute Gasteiger partial charge is 0.462 e. The highest BCUT2D eigenvalue weighted by Gasteiger charge is 2.36. The molecule has 0 aromatic rings. The average molecular weight is 784 g/mol. The standard InChI is InChI=1S/C43H78NO9P/c1-3-5-7-9-11-13-14-15-16-17-18-20-22-24-30-34-43(46)52-39(38-51-54(47,48)50-36-35-44)37-49-42(45)33-29-26-25-28-32-41-40(53-41)31-27-23-21-19-12-10-8-6-4-2/h12,19,23,25,27-28,39-41H,3-11,13-18,20-22,24,26,29-38,44H2,1-2H3,(H,47,48)/b19-12-,27-23-,28-25-/t39-,40?,41?/m1/s1. The van der Waals surface area contributed by atoms with E-state index < -0.39 is 32.5 Å². The molecule has 1 fully saturated rings. The van der Waals surface area contributed by atoms with E-state index in [0.29, 0.717) is 12.8 Å². The van der Waals surface area contributed by atoms with Crippen LogP contribution in [0.3, 0.4) is 0 Å². The van der Waals surface area contributed by atoms with Crippen molar-refractivity contribution in [3.8, 4) is 0 Å². The van der Waals surface area contributed by atoms with Crippen LogP contribution < -0.4 is 5.73 Å². The van der Waals surface area contributed by atoms with Crippen LogP contribution in [0, 0.1) is 0 Å². The number of esters is 2. The maximum absolute atomic E-state index is 12.6. The summed E-state index contributed by atoms with van der Waals surface area (Å²) in [6, 6.07) is 0. The maximum Gasteiger partial charge on any atom is 0.472 e. The van der Waals surface area contributed by atoms with Crippen molar-refractivity contribution in [2.24, 2.45) is 5.73 Å². The highest BCUT2D eigenvalue weighted by molar-refractivity contribution is 7.47. The molecular weight excluding hydrogens is 705 g/mol. The highest BCUT2D eigenvalue weighted by Crippen LogP contribution is 2.43. The molecule has 10 nitrogen and oxygen atoms in total. The van der Waals surface area contributed by atoms with Crippen molar-refractivity contribution in [1.82, 2.24) is 0 Å². The number of hydrogen-bond donors (Lipinski definition) is 2. The Balaban J connectivity index is 2.22. The first-order chi connectivity index (χ1) is 26.3. The van der Waals surface area contributed by atoms with Crippen molar-refractivity contribution in [2.45, 2.75) is 199 Å². The van der Waals surface area contributed by atoms with Crippen LogP contribution in [0.4, 0.5) is 0 Å². The first kappa shape index (κ1) is 50.2. The van der Waals surface area contributed by atoms with Gasteiger partial charge in [0.05, 0.1) is 25.4 Å². The summed E-state index contributed by atoms with van der Waals surface area (Å²) in [6.07, 6.45) is 40.6. The highest BCUT2D eigenvalue weighted by atomic mass is 31.2. The fourth-order valence-corrected chi connectivity index (χ4v) is 6.85. The molecule has 54 heavy (non-hydrogen) atoms. The van der Waals surface area contributed by atoms with E-state index in [1.807, 2.05) is 0 Å². The molecule has 0 aromatic carbocycles. The number of carbonyl (C=O) groups excluding carboxylic acids is 2. The molecule has 1 saturated heterocycles. The fourth-order valence-electron chi connectivity index (χ4n) is 6.08. The largest absolute Gasteiger partial charge is 0.472 e. The first-order valence-electron chi connectivity index (χ1n) is 21.6. The van der Waals surface area contributed by atoms with Gasteiger partial charge in [0.1, 0.15) is 6.61 Å². The SMILES string of the molecule is CCCCC/C=C\C/C=C\CC1OC1C/C=C\CCCC(=O)OC[C@H](COP(=O)(O)OCCN)OC(=O)CCCCCCCCCCCCCCCCC. The van der Waals surface area contributed by atoms with E-state index in [-0.39, 0.29) is 44.8 Å². The van der Waals surface area contributed by atoms with Gasteiger partial charge in [-0.1, -0.05) is 153 Å². The lowest BCUT2D eigenvalue weighted by atomic mass is 10.0. The van der Waals surface area contributed by atoms with Crippen molar-refractivity contribution < 1.29 is 42.3 Å². The molecule has 0 spiro atoms. The molecule has 1 aliphatic heterocycles. The lowest BCUT2D eigenvalue weighted by Crippen LogP contribution is -2.29. The quantitative estimate of drug-likeness (QED) is 0.0203. The Morgan fingerprint density at radius 1 is 0.648 bits per heavy atom. The van der Waals surface area contributed by atoms with Crippen LogP contribution in [0.5, 0.6) is 0 Å². The van der Waals surface area contributed by atoms with Crippen LogP contribution in [0.2, 0.25) is 0 Å². The Bertz CT molecular complexity index is 1050. The molecule has 0 bridgehead atoms. The van der Waals surface area contributed by atoms with Crippen molar-refractivity contribution in [2.75, 3.05) is 26.4 Å². The average Bonchev–Trinajstić information content (AvgIpc) is 3.91. The second-order valence-corrected chi connectivity index (χ2v) is 16.1. The van der Waals surface area contributed by atoms with Crippen molar-refractivity contribution >= 4 is 19.8 Å². The van der Waals surface area contributed by atoms with Crippen LogP contribution in [0.15, 0.2) is 36.5 Å². The Labute approximate surface area is 329 Å². The molecule has 0 amide bonds. The van der Waals surface area contributed by atoms with Crippen LogP contribution in [-0.4, -0.2) is 61.5 Å². The zero-order valence-corrected chi connectivity index (χ0v) is 35.0. The Morgan fingerprint density at radius 3 is 1.76 bits per heavy atom. The van der Waals surface area contributed by atoms with Gasteiger partial charge in [-0.2, -0.15) is 0 Å². The van der Waals surface area contributed by atoms with Crippen molar-refractivity contribution in [1.29, 1.82) is 0 Å². The third-order valence-corrected chi connectivity index (χ3v) is 10.4. The molecule has 0 radical (unpaired) electrons. The number of rotatable bonds is 39. The Kier molecular flexibility index (Phi) is 33.1. The molecule has 1 heterocycles. The van der Waals surface area contributed by atoms with E-state index in [2.05, 4.69) is 50.3 Å². The van der Waals surface area contributed by atoms with Gasteiger partial charge >= 0.3 is 19.8 Å². The topological polar surface area (TPSA) is 147 Å². The van der Waals surface area contributed by atoms with Gasteiger partial charge in [-0.3, -0.25) is 18.6 Å². The molecule has 1 aliphatic rings. The minimum atomic E-state index is -4.39. The molecule has 0 saturated carbocycles. The fraction of sp³-hybridized carbons (Fsp3) is 0.814. The van der Waals surface area contributed by atoms with Gasteiger partial charge in [-0.25, -0.2) is 4.57 Å². The third kappa shape index (κ3) is 32.4. The van der Waals surface area contributed by atoms with E-state index in [1.165, 1.54) is 96.3 Å². The summed E-state index contributed by atoms with van der Waals surface area (Å²) in [5, 5.41) is 0. The van der Waals surface area contributed by atoms with Crippen molar-refractivity contribution in [3.05, 3.63) is 36.5 Å². The van der Waals surface area contributed by atoms with E-state index in [0.717, 1.165) is 44.9 Å². The molecular formula is C43H78NO9P. The summed E-state index contributed by atoms with van der Waals surface area (Å²) in [7, 11) is -4.39. The summed E-state index contributed by atoms with van der Waals surface area (Å²) in [5.41, 5.74) is 5.34. The second kappa shape index (κ2) is 35.6. The molecule has 314 valence electrons. The van der Waals surface area contributed by atoms with Gasteiger partial charge in [0.15, 0.2) is 6.10 Å². The second-order valence-electron chi connectivity index (χ2n) is 14.6. The minimum absolute atomic E-state index is 0.0441. The summed E-state index contributed by atoms with van der Waals surface area (Å²) in [4.78, 5) is 34.9. The first-order valence-corrected chi connectivity index (χ1v) is 23.1. The van der Waals surface area contributed by atoms with Crippen LogP contribution in [0.1, 0.15) is 181 Å². The molecule has 3 N–H and O–H groups in total. The van der Waals surface area contributed by atoms with Gasteiger partial charge in [0.2, 0.25) is 0 Å². The van der Waals surface area contributed by atoms with Gasteiger partial charge in [0.25, 0.3) is 0 Å². The zero-order chi connectivity index (χ0) is 39.4. The predicted molar refractivity (Wildman–Crippen MR) is 219 cm³/mol. The number of allylic oxidation sites excluding steroid dienone is 4. The van der Waals surface area contributed by atoms with E-state index in [9.17, 15) is 19.0 Å². The summed E-state index contributed by atoms with van der Waals surface area (Å²) < 4.78 is 38.5. The minimum Gasteiger partial charge on any atom is -0.462 e. The monoisotopic (exact) mass is 784 g/mol. The summed E-state index contributed by atoms with van der Waals surface area (Å²) in [5.74, 6) is -0.898. The van der Waals surface area contributed by atoms with Gasteiger partial charge in [-0.15, -0.1) is 0 Å². The number of nitrogens with two attached hydrogens (primary N) is 1. The third-order valence-electron chi connectivity index (χ3n) is 9.43. The molecule has 11 heteroatoms. The van der Waals surface area contributed by atoms with Gasteiger partial charge in [0, 0.05) is 19.4 Å². The zero-order valence-electron chi connectivity index (χ0n) is 34.1. The van der Waals surface area contributed by atoms with Crippen LogP contribution in [0.25, 0.3) is 0 Å². The number of ether oxygens (including phenoxy) is 3. The van der Waals surface area contributed by atoms with E-state index in [4.69, 9.17) is 29.0 Å². The van der Waals surface area contributed by atoms with Gasteiger partial charge in [-0.05, 0) is 51.4 Å². The molecule has 0 aromatic heterocycles. The Hall–Kier alpha value is -1.81. The summed E-state index contributed by atoms with van der Waals surface area (Å²) in [6.45, 7) is 3.63. The maximum atomic E-state index is 12.6. The van der Waals surface area contributed by atoms with Crippen LogP contribution in [-0.2, 0) is 37.4 Å². The van der Waals surface area contributed by atoms with Gasteiger partial charge < -0.3 is 24.8 Å². The number of hydrogen-bond acceptors (Lipinski definition) is 9. The predicted octanol–water partition coefficient (Wildman–Crippen LogP) is 11.2. The van der Waals surface area contributed by atoms with E-state index >= 15 is 0 Å². The lowest BCUT2D eigenvalue weighted by Gasteiger charge is -2.19. The molecule has 3 unspecified atom stereocenters. The number of epoxide rings is 1. The molecule has 4 atom stereocenters. The lowest BCUT2D eigenvalue weighted by molar-refractivity contribution is -0.161. The Morgan fingerprint density at radius 2 is 1.15 bits per heavy atom. The molecule has 1 rings (SSSR count). The molecule has 0 aliphatic carbocycles. The van der Waals surface area contributed by atoms with Crippen LogP contribution >= 0.6 is 7.82 Å². The van der Waals surface area contributed by atoms with E-state index in [1.54, 1.807) is 0 Å². The van der Waals surface area contributed by atoms with Crippen molar-refractivity contribution in [3.63, 3.8) is 0 Å². The number of phosphoric ester groups is 1. The number of phosphoric acid groups is 1. The normalized spacial score (nSPS) is 17.4. The number of carbonyl (C=O) groups is 2. The number of unbranched alkanes of at least 4 members (excludes halogenated alkanes) is 18. The summed E-state index contributed by atoms with van der Waals surface area (Å²) >= 11 is 0.